The Morgan fingerprint density at radius 1 is 1.29 bits per heavy atom. The van der Waals surface area contributed by atoms with Crippen molar-refractivity contribution < 1.29 is 28.2 Å². The van der Waals surface area contributed by atoms with E-state index >= 15 is 0 Å². The predicted molar refractivity (Wildman–Crippen MR) is 90.2 cm³/mol. The van der Waals surface area contributed by atoms with Crippen molar-refractivity contribution in [2.75, 3.05) is 18.1 Å². The van der Waals surface area contributed by atoms with E-state index < -0.39 is 39.9 Å². The summed E-state index contributed by atoms with van der Waals surface area (Å²) in [6.07, 6.45) is -1.76. The summed E-state index contributed by atoms with van der Waals surface area (Å²) in [6.45, 7) is 2.90. The summed E-state index contributed by atoms with van der Waals surface area (Å²) in [5.74, 6) is -0.714. The fraction of sp³-hybridized carbons (Fsp3) is 0.562. The first-order valence-electron chi connectivity index (χ1n) is 7.62. The molecule has 7 nitrogen and oxygen atoms in total. The maximum atomic E-state index is 11.8. The first-order chi connectivity index (χ1) is 11.1. The molecule has 0 aliphatic heterocycles. The fourth-order valence-corrected chi connectivity index (χ4v) is 3.62. The molecular weight excluding hydrogens is 334 g/mol. The van der Waals surface area contributed by atoms with Crippen molar-refractivity contribution >= 4 is 15.9 Å². The molecule has 0 heterocycles. The molecule has 8 heteroatoms. The van der Waals surface area contributed by atoms with Crippen molar-refractivity contribution in [3.8, 4) is 0 Å². The van der Waals surface area contributed by atoms with Crippen LogP contribution in [0.4, 0.5) is 4.79 Å². The second kappa shape index (κ2) is 9.00. The van der Waals surface area contributed by atoms with Gasteiger partial charge in [0.05, 0.1) is 24.2 Å². The highest BCUT2D eigenvalue weighted by Gasteiger charge is 2.25. The minimum absolute atomic E-state index is 0.129. The number of hydrogen-bond donors (Lipinski definition) is 3. The standard InChI is InChI=1S/C16H25NO6S/c1-16(2,8-9-24(21,22)12-14(19)10-18)17-15(20)23-11-13-6-4-3-5-7-13/h3-7,14,18-19H,8-12H2,1-2H3,(H,17,20). The van der Waals surface area contributed by atoms with Crippen LogP contribution in [-0.4, -0.2) is 54.5 Å². The lowest BCUT2D eigenvalue weighted by Gasteiger charge is -2.26. The van der Waals surface area contributed by atoms with E-state index in [-0.39, 0.29) is 18.8 Å². The smallest absolute Gasteiger partial charge is 0.407 e. The summed E-state index contributed by atoms with van der Waals surface area (Å²) in [7, 11) is -3.52. The third-order valence-electron chi connectivity index (χ3n) is 3.35. The Kier molecular flexibility index (Phi) is 7.65. The highest BCUT2D eigenvalue weighted by Crippen LogP contribution is 2.12. The van der Waals surface area contributed by atoms with Gasteiger partial charge in [0.2, 0.25) is 0 Å². The van der Waals surface area contributed by atoms with E-state index in [1.165, 1.54) is 0 Å². The molecule has 0 saturated heterocycles. The van der Waals surface area contributed by atoms with Gasteiger partial charge in [-0.25, -0.2) is 13.2 Å². The Morgan fingerprint density at radius 3 is 2.50 bits per heavy atom. The van der Waals surface area contributed by atoms with E-state index in [9.17, 15) is 18.3 Å². The van der Waals surface area contributed by atoms with Crippen LogP contribution in [0.15, 0.2) is 30.3 Å². The Hall–Kier alpha value is -1.64. The monoisotopic (exact) mass is 359 g/mol. The Bertz CT molecular complexity index is 615. The largest absolute Gasteiger partial charge is 0.445 e. The third-order valence-corrected chi connectivity index (χ3v) is 5.07. The van der Waals surface area contributed by atoms with Crippen LogP contribution >= 0.6 is 0 Å². The lowest BCUT2D eigenvalue weighted by Crippen LogP contribution is -2.45. The van der Waals surface area contributed by atoms with Gasteiger partial charge in [0.1, 0.15) is 6.61 Å². The first-order valence-corrected chi connectivity index (χ1v) is 9.44. The van der Waals surface area contributed by atoms with Crippen LogP contribution in [0.5, 0.6) is 0 Å². The highest BCUT2D eigenvalue weighted by molar-refractivity contribution is 7.91. The molecule has 0 radical (unpaired) electrons. The summed E-state index contributed by atoms with van der Waals surface area (Å²) in [5, 5.41) is 20.6. The van der Waals surface area contributed by atoms with Crippen molar-refractivity contribution in [1.82, 2.24) is 5.32 Å². The molecule has 1 aromatic rings. The molecule has 1 unspecified atom stereocenters. The molecule has 1 aromatic carbocycles. The molecule has 1 rings (SSSR count). The molecule has 0 bridgehead atoms. The predicted octanol–water partition coefficient (Wildman–Crippen LogP) is 0.849. The number of aliphatic hydroxyl groups is 2. The number of alkyl carbamates (subject to hydrolysis) is 1. The van der Waals surface area contributed by atoms with Crippen LogP contribution in [-0.2, 0) is 21.2 Å². The van der Waals surface area contributed by atoms with Crippen LogP contribution in [0, 0.1) is 0 Å². The van der Waals surface area contributed by atoms with Crippen LogP contribution in [0.3, 0.4) is 0 Å². The zero-order valence-electron chi connectivity index (χ0n) is 13.9. The number of rotatable bonds is 9. The molecule has 0 aliphatic carbocycles. The Labute approximate surface area is 142 Å². The minimum Gasteiger partial charge on any atom is -0.445 e. The maximum absolute atomic E-state index is 11.8. The zero-order valence-corrected chi connectivity index (χ0v) is 14.8. The molecule has 24 heavy (non-hydrogen) atoms. The zero-order chi connectivity index (χ0) is 18.2. The lowest BCUT2D eigenvalue weighted by molar-refractivity contribution is 0.112. The van der Waals surface area contributed by atoms with Crippen molar-refractivity contribution in [2.24, 2.45) is 0 Å². The van der Waals surface area contributed by atoms with Crippen molar-refractivity contribution in [3.63, 3.8) is 0 Å². The molecule has 1 atom stereocenters. The number of amides is 1. The van der Waals surface area contributed by atoms with Crippen LogP contribution in [0.2, 0.25) is 0 Å². The molecule has 0 aromatic heterocycles. The van der Waals surface area contributed by atoms with Gasteiger partial charge in [0, 0.05) is 5.54 Å². The highest BCUT2D eigenvalue weighted by atomic mass is 32.2. The maximum Gasteiger partial charge on any atom is 0.407 e. The van der Waals surface area contributed by atoms with Gasteiger partial charge in [-0.1, -0.05) is 30.3 Å². The molecule has 0 aliphatic rings. The van der Waals surface area contributed by atoms with E-state index in [4.69, 9.17) is 9.84 Å². The van der Waals surface area contributed by atoms with Gasteiger partial charge >= 0.3 is 6.09 Å². The third kappa shape index (κ3) is 8.28. The van der Waals surface area contributed by atoms with Gasteiger partial charge in [-0.2, -0.15) is 0 Å². The number of hydrogen-bond acceptors (Lipinski definition) is 6. The minimum atomic E-state index is -3.52. The number of sulfone groups is 1. The molecule has 0 saturated carbocycles. The molecule has 3 N–H and O–H groups in total. The molecule has 1 amide bonds. The van der Waals surface area contributed by atoms with E-state index in [2.05, 4.69) is 5.32 Å². The second-order valence-corrected chi connectivity index (χ2v) is 8.50. The summed E-state index contributed by atoms with van der Waals surface area (Å²) < 4.78 is 28.8. The Morgan fingerprint density at radius 2 is 1.92 bits per heavy atom. The van der Waals surface area contributed by atoms with E-state index in [0.717, 1.165) is 5.56 Å². The van der Waals surface area contributed by atoms with Gasteiger partial charge in [0.25, 0.3) is 0 Å². The quantitative estimate of drug-likeness (QED) is 0.602. The van der Waals surface area contributed by atoms with Crippen LogP contribution in [0.25, 0.3) is 0 Å². The molecule has 136 valence electrons. The van der Waals surface area contributed by atoms with Gasteiger partial charge in [-0.3, -0.25) is 0 Å². The van der Waals surface area contributed by atoms with Crippen LogP contribution < -0.4 is 5.32 Å². The van der Waals surface area contributed by atoms with Crippen LogP contribution in [0.1, 0.15) is 25.8 Å². The lowest BCUT2D eigenvalue weighted by atomic mass is 10.0. The van der Waals surface area contributed by atoms with Crippen molar-refractivity contribution in [1.29, 1.82) is 0 Å². The number of nitrogens with one attached hydrogen (secondary N) is 1. The molecule has 0 fully saturated rings. The second-order valence-electron chi connectivity index (χ2n) is 6.27. The van der Waals surface area contributed by atoms with Gasteiger partial charge in [0.15, 0.2) is 9.84 Å². The molecular formula is C16H25NO6S. The summed E-state index contributed by atoms with van der Waals surface area (Å²) in [5.41, 5.74) is 0.0661. The number of carbonyl (C=O) groups excluding carboxylic acids is 1. The summed E-state index contributed by atoms with van der Waals surface area (Å²) >= 11 is 0. The fourth-order valence-electron chi connectivity index (χ4n) is 1.94. The average molecular weight is 359 g/mol. The normalized spacial score (nSPS) is 13.3. The SMILES string of the molecule is CC(C)(CCS(=O)(=O)CC(O)CO)NC(=O)OCc1ccccc1. The number of benzene rings is 1. The topological polar surface area (TPSA) is 113 Å². The Balaban J connectivity index is 2.43. The van der Waals surface area contributed by atoms with E-state index in [1.807, 2.05) is 30.3 Å². The number of carbonyl (C=O) groups is 1. The van der Waals surface area contributed by atoms with E-state index in [0.29, 0.717) is 0 Å². The van der Waals surface area contributed by atoms with Gasteiger partial charge < -0.3 is 20.3 Å². The van der Waals surface area contributed by atoms with Gasteiger partial charge in [-0.05, 0) is 25.8 Å². The van der Waals surface area contributed by atoms with Gasteiger partial charge in [-0.15, -0.1) is 0 Å². The first kappa shape index (κ1) is 20.4. The number of aliphatic hydroxyl groups excluding tert-OH is 2. The van der Waals surface area contributed by atoms with Crippen molar-refractivity contribution in [3.05, 3.63) is 35.9 Å². The van der Waals surface area contributed by atoms with Crippen molar-refractivity contribution in [2.45, 2.75) is 38.5 Å². The summed E-state index contributed by atoms with van der Waals surface area (Å²) in [6, 6.07) is 9.20. The molecule has 0 spiro atoms. The summed E-state index contributed by atoms with van der Waals surface area (Å²) in [4.78, 5) is 11.8. The van der Waals surface area contributed by atoms with E-state index in [1.54, 1.807) is 13.8 Å². The number of ether oxygens (including phenoxy) is 1. The average Bonchev–Trinajstić information content (AvgIpc) is 2.51.